The lowest BCUT2D eigenvalue weighted by Gasteiger charge is -2.21. The molecule has 1 aromatic carbocycles. The third-order valence-corrected chi connectivity index (χ3v) is 5.24. The van der Waals surface area contributed by atoms with E-state index >= 15 is 0 Å². The normalized spacial score (nSPS) is 12.0. The number of nitro groups is 2. The van der Waals surface area contributed by atoms with E-state index in [0.29, 0.717) is 18.6 Å². The number of carbonyl (C=O) groups is 1. The highest BCUT2D eigenvalue weighted by Gasteiger charge is 2.36. The maximum absolute atomic E-state index is 12.2. The number of anilines is 1. The standard InChI is InChI=1S/C14H17N3O9S/c1-4-14(2,3)13(18)15-9-7-10(16(19)20)12(11(8-9)17(21)22)27(24,25)6-5-26-23/h5-8,23H,4H2,1-3H3,(H,15,18)/b6-5-. The molecule has 13 heteroatoms. The van der Waals surface area contributed by atoms with Crippen molar-refractivity contribution in [2.75, 3.05) is 5.32 Å². The van der Waals surface area contributed by atoms with E-state index in [-0.39, 0.29) is 17.4 Å². The molecule has 1 rings (SSSR count). The van der Waals surface area contributed by atoms with Gasteiger partial charge in [-0.2, -0.15) is 0 Å². The van der Waals surface area contributed by atoms with Crippen LogP contribution in [-0.4, -0.2) is 29.4 Å². The van der Waals surface area contributed by atoms with Crippen LogP contribution in [-0.2, 0) is 19.5 Å². The molecule has 0 heterocycles. The average molecular weight is 403 g/mol. The van der Waals surface area contributed by atoms with Gasteiger partial charge in [-0.3, -0.25) is 25.0 Å². The predicted molar refractivity (Wildman–Crippen MR) is 92.5 cm³/mol. The first kappa shape index (κ1) is 22.0. The summed E-state index contributed by atoms with van der Waals surface area (Å²) in [6, 6.07) is 1.41. The molecule has 0 atom stereocenters. The molecule has 0 aliphatic rings. The van der Waals surface area contributed by atoms with Gasteiger partial charge in [-0.15, -0.1) is 0 Å². The van der Waals surface area contributed by atoms with Crippen LogP contribution in [0.15, 0.2) is 28.7 Å². The molecule has 0 aromatic heterocycles. The van der Waals surface area contributed by atoms with Crippen molar-refractivity contribution in [1.29, 1.82) is 0 Å². The van der Waals surface area contributed by atoms with Crippen LogP contribution in [0.25, 0.3) is 0 Å². The second-order valence-corrected chi connectivity index (χ2v) is 7.74. The average Bonchev–Trinajstić information content (AvgIpc) is 2.58. The maximum atomic E-state index is 12.2. The van der Waals surface area contributed by atoms with Crippen LogP contribution in [0.3, 0.4) is 0 Å². The van der Waals surface area contributed by atoms with Gasteiger partial charge in [0.05, 0.1) is 20.9 Å². The molecule has 0 saturated carbocycles. The molecule has 0 aliphatic carbocycles. The molecule has 12 nitrogen and oxygen atoms in total. The first-order valence-corrected chi connectivity index (χ1v) is 8.92. The van der Waals surface area contributed by atoms with Crippen molar-refractivity contribution < 1.29 is 33.2 Å². The number of sulfone groups is 1. The molecule has 0 aliphatic heterocycles. The number of hydrogen-bond acceptors (Lipinski definition) is 9. The third-order valence-electron chi connectivity index (χ3n) is 3.78. The van der Waals surface area contributed by atoms with Gasteiger partial charge in [-0.05, 0) is 6.42 Å². The fraction of sp³-hybridized carbons (Fsp3) is 0.357. The van der Waals surface area contributed by atoms with Crippen LogP contribution < -0.4 is 5.32 Å². The largest absolute Gasteiger partial charge is 0.347 e. The van der Waals surface area contributed by atoms with Gasteiger partial charge in [0.15, 0.2) is 0 Å². The summed E-state index contributed by atoms with van der Waals surface area (Å²) in [5.74, 6) is -0.558. The molecule has 0 saturated heterocycles. The van der Waals surface area contributed by atoms with Crippen molar-refractivity contribution in [2.45, 2.75) is 32.1 Å². The molecule has 27 heavy (non-hydrogen) atoms. The van der Waals surface area contributed by atoms with E-state index < -0.39 is 47.3 Å². The second-order valence-electron chi connectivity index (χ2n) is 5.97. The molecule has 1 amide bonds. The molecule has 148 valence electrons. The van der Waals surface area contributed by atoms with E-state index in [1.807, 2.05) is 0 Å². The van der Waals surface area contributed by atoms with Crippen molar-refractivity contribution in [3.8, 4) is 0 Å². The zero-order valence-electron chi connectivity index (χ0n) is 14.5. The SMILES string of the molecule is CCC(C)(C)C(=O)Nc1cc([N+](=O)[O-])c(S(=O)(=O)/C=C\OO)c([N+](=O)[O-])c1. The Balaban J connectivity index is 3.69. The first-order chi connectivity index (χ1) is 12.4. The van der Waals surface area contributed by atoms with Crippen LogP contribution >= 0.6 is 0 Å². The van der Waals surface area contributed by atoms with Gasteiger partial charge >= 0.3 is 0 Å². The monoisotopic (exact) mass is 403 g/mol. The maximum Gasteiger partial charge on any atom is 0.297 e. The summed E-state index contributed by atoms with van der Waals surface area (Å²) in [7, 11) is -4.71. The minimum atomic E-state index is -4.71. The Bertz CT molecular complexity index is 871. The van der Waals surface area contributed by atoms with Gasteiger partial charge in [0.1, 0.15) is 6.26 Å². The molecule has 0 bridgehead atoms. The molecule has 0 unspecified atom stereocenters. The minimum Gasteiger partial charge on any atom is -0.347 e. The number of nitro benzene ring substituents is 2. The lowest BCUT2D eigenvalue weighted by atomic mass is 9.89. The Labute approximate surface area is 153 Å². The van der Waals surface area contributed by atoms with E-state index in [4.69, 9.17) is 5.26 Å². The summed E-state index contributed by atoms with van der Waals surface area (Å²) in [4.78, 5) is 34.8. The topological polar surface area (TPSA) is 179 Å². The smallest absolute Gasteiger partial charge is 0.297 e. The van der Waals surface area contributed by atoms with E-state index in [0.717, 1.165) is 0 Å². The Morgan fingerprint density at radius 2 is 1.74 bits per heavy atom. The lowest BCUT2D eigenvalue weighted by molar-refractivity contribution is -0.399. The fourth-order valence-electron chi connectivity index (χ4n) is 1.86. The van der Waals surface area contributed by atoms with E-state index in [1.165, 1.54) is 0 Å². The van der Waals surface area contributed by atoms with Gasteiger partial charge in [0.25, 0.3) is 11.4 Å². The van der Waals surface area contributed by atoms with Gasteiger partial charge < -0.3 is 10.2 Å². The van der Waals surface area contributed by atoms with E-state index in [2.05, 4.69) is 10.2 Å². The molecule has 1 aromatic rings. The third kappa shape index (κ3) is 4.98. The lowest BCUT2D eigenvalue weighted by Crippen LogP contribution is -2.30. The minimum absolute atomic E-state index is 0.223. The molecule has 2 N–H and O–H groups in total. The summed E-state index contributed by atoms with van der Waals surface area (Å²) >= 11 is 0. The molecule has 0 fully saturated rings. The quantitative estimate of drug-likeness (QED) is 0.285. The molecular formula is C14H17N3O9S. The van der Waals surface area contributed by atoms with E-state index in [9.17, 15) is 33.4 Å². The van der Waals surface area contributed by atoms with Gasteiger partial charge in [-0.1, -0.05) is 20.8 Å². The number of nitrogens with zero attached hydrogens (tertiary/aromatic N) is 2. The molecule has 0 radical (unpaired) electrons. The van der Waals surface area contributed by atoms with Crippen LogP contribution in [0.2, 0.25) is 0 Å². The van der Waals surface area contributed by atoms with Gasteiger partial charge in [0.2, 0.25) is 20.6 Å². The van der Waals surface area contributed by atoms with Crippen LogP contribution in [0, 0.1) is 25.6 Å². The number of nitrogens with one attached hydrogen (secondary N) is 1. The number of carbonyl (C=O) groups excluding carboxylic acids is 1. The number of rotatable bonds is 8. The second kappa shape index (κ2) is 8.09. The Morgan fingerprint density at radius 1 is 1.26 bits per heavy atom. The Kier molecular flexibility index (Phi) is 6.59. The highest BCUT2D eigenvalue weighted by atomic mass is 32.2. The molecule has 0 spiro atoms. The summed E-state index contributed by atoms with van der Waals surface area (Å²) in [5, 5.41) is 33.4. The van der Waals surface area contributed by atoms with Crippen LogP contribution in [0.4, 0.5) is 17.1 Å². The highest BCUT2D eigenvalue weighted by molar-refractivity contribution is 7.94. The Hall–Kier alpha value is -3.06. The van der Waals surface area contributed by atoms with Crippen molar-refractivity contribution in [3.05, 3.63) is 44.0 Å². The van der Waals surface area contributed by atoms with Crippen molar-refractivity contribution >= 4 is 32.8 Å². The van der Waals surface area contributed by atoms with Crippen LogP contribution in [0.5, 0.6) is 0 Å². The summed E-state index contributed by atoms with van der Waals surface area (Å²) in [6.45, 7) is 4.93. The van der Waals surface area contributed by atoms with Gasteiger partial charge in [-0.25, -0.2) is 13.7 Å². The summed E-state index contributed by atoms with van der Waals surface area (Å²) in [6.07, 6.45) is 0.698. The molecular weight excluding hydrogens is 386 g/mol. The zero-order valence-corrected chi connectivity index (χ0v) is 15.3. The highest BCUT2D eigenvalue weighted by Crippen LogP contribution is 2.38. The fourth-order valence-corrected chi connectivity index (χ4v) is 3.04. The van der Waals surface area contributed by atoms with Crippen LogP contribution in [0.1, 0.15) is 27.2 Å². The van der Waals surface area contributed by atoms with Gasteiger partial charge in [0, 0.05) is 17.5 Å². The van der Waals surface area contributed by atoms with E-state index in [1.54, 1.807) is 20.8 Å². The summed E-state index contributed by atoms with van der Waals surface area (Å²) < 4.78 is 24.4. The predicted octanol–water partition coefficient (Wildman–Crippen LogP) is 2.61. The Morgan fingerprint density at radius 3 is 2.11 bits per heavy atom. The summed E-state index contributed by atoms with van der Waals surface area (Å²) in [5.41, 5.74) is -3.40. The van der Waals surface area contributed by atoms with Crippen molar-refractivity contribution in [1.82, 2.24) is 0 Å². The number of amides is 1. The zero-order chi connectivity index (χ0) is 21.0. The van der Waals surface area contributed by atoms with Crippen molar-refractivity contribution in [3.63, 3.8) is 0 Å². The number of benzene rings is 1. The van der Waals surface area contributed by atoms with Crippen molar-refractivity contribution in [2.24, 2.45) is 5.41 Å². The first-order valence-electron chi connectivity index (χ1n) is 7.37. The number of hydrogen-bond donors (Lipinski definition) is 2.